The Hall–Kier alpha value is -7.19. The number of nitriles is 1. The van der Waals surface area contributed by atoms with Gasteiger partial charge in [0.25, 0.3) is 11.8 Å². The van der Waals surface area contributed by atoms with Crippen LogP contribution in [0.5, 0.6) is 5.75 Å². The van der Waals surface area contributed by atoms with Crippen LogP contribution in [0, 0.1) is 18.3 Å². The van der Waals surface area contributed by atoms with Gasteiger partial charge in [-0.3, -0.25) is 14.4 Å². The van der Waals surface area contributed by atoms with Crippen molar-refractivity contribution in [3.63, 3.8) is 0 Å². The standard InChI is InChI=1S/C49H38N4O4S2/c1-33-20-24-36(25-21-33)43-32-58-49(42(43)30-50)53-48(56)45(37-14-7-3-8-15-37)59-41-19-11-18-39(29-41)51-47(55)44(52-46(54)38-16-9-4-10-17-38)28-34-22-26-40(27-23-34)57-31-35-12-5-2-6-13-35/h2-29,32,45H,31H2,1H3,(H,51,55)(H,52,54)(H,53,56)/b44-28+. The van der Waals surface area contributed by atoms with Gasteiger partial charge >= 0.3 is 0 Å². The smallest absolute Gasteiger partial charge is 0.272 e. The summed E-state index contributed by atoms with van der Waals surface area (Å²) in [6.07, 6.45) is 1.61. The molecule has 3 N–H and O–H groups in total. The summed E-state index contributed by atoms with van der Waals surface area (Å²) in [6.45, 7) is 2.42. The highest BCUT2D eigenvalue weighted by Crippen LogP contribution is 2.40. The van der Waals surface area contributed by atoms with E-state index in [-0.39, 0.29) is 11.6 Å². The molecule has 7 aromatic rings. The van der Waals surface area contributed by atoms with Crippen LogP contribution in [-0.4, -0.2) is 17.7 Å². The van der Waals surface area contributed by atoms with Crippen molar-refractivity contribution in [2.24, 2.45) is 0 Å². The molecule has 10 heteroatoms. The van der Waals surface area contributed by atoms with E-state index in [2.05, 4.69) is 22.0 Å². The van der Waals surface area contributed by atoms with Gasteiger partial charge in [0.2, 0.25) is 5.91 Å². The molecule has 0 saturated heterocycles. The highest BCUT2D eigenvalue weighted by atomic mass is 32.2. The SMILES string of the molecule is Cc1ccc(-c2csc(NC(=O)C(Sc3cccc(NC(=O)/C(=C\c4ccc(OCc5ccccc5)cc4)NC(=O)c4ccccc4)c3)c3ccccc3)c2C#N)cc1. The minimum absolute atomic E-state index is 0.0330. The van der Waals surface area contributed by atoms with Crippen molar-refractivity contribution in [1.29, 1.82) is 5.26 Å². The van der Waals surface area contributed by atoms with Crippen molar-refractivity contribution in [2.75, 3.05) is 10.6 Å². The maximum Gasteiger partial charge on any atom is 0.272 e. The lowest BCUT2D eigenvalue weighted by molar-refractivity contribution is -0.116. The van der Waals surface area contributed by atoms with E-state index in [1.807, 2.05) is 134 Å². The van der Waals surface area contributed by atoms with Crippen LogP contribution in [0.1, 0.15) is 43.4 Å². The maximum absolute atomic E-state index is 14.1. The van der Waals surface area contributed by atoms with Gasteiger partial charge in [-0.2, -0.15) is 5.26 Å². The van der Waals surface area contributed by atoms with Crippen LogP contribution in [0.4, 0.5) is 10.7 Å². The maximum atomic E-state index is 14.1. The summed E-state index contributed by atoms with van der Waals surface area (Å²) in [5.41, 5.74) is 6.56. The number of amides is 3. The number of hydrogen-bond acceptors (Lipinski definition) is 7. The van der Waals surface area contributed by atoms with Crippen LogP contribution >= 0.6 is 23.1 Å². The lowest BCUT2D eigenvalue weighted by atomic mass is 10.0. The fraction of sp³-hybridized carbons (Fsp3) is 0.0612. The van der Waals surface area contributed by atoms with E-state index >= 15 is 0 Å². The number of benzene rings is 6. The van der Waals surface area contributed by atoms with Gasteiger partial charge in [-0.05, 0) is 77.7 Å². The first-order valence-corrected chi connectivity index (χ1v) is 20.5. The summed E-state index contributed by atoms with van der Waals surface area (Å²) in [5, 5.41) is 20.6. The number of carbonyl (C=O) groups excluding carboxylic acids is 3. The van der Waals surface area contributed by atoms with Crippen molar-refractivity contribution in [1.82, 2.24) is 5.32 Å². The zero-order chi connectivity index (χ0) is 41.0. The third kappa shape index (κ3) is 10.6. The summed E-state index contributed by atoms with van der Waals surface area (Å²) in [4.78, 5) is 42.0. The largest absolute Gasteiger partial charge is 0.489 e. The number of nitrogens with zero attached hydrogens (tertiary/aromatic N) is 1. The minimum atomic E-state index is -0.695. The van der Waals surface area contributed by atoms with E-state index in [1.165, 1.54) is 23.1 Å². The molecule has 59 heavy (non-hydrogen) atoms. The van der Waals surface area contributed by atoms with E-state index in [1.54, 1.807) is 48.5 Å². The van der Waals surface area contributed by atoms with E-state index in [0.29, 0.717) is 44.6 Å². The Morgan fingerprint density at radius 1 is 0.780 bits per heavy atom. The molecule has 1 aromatic heterocycles. The molecule has 3 amide bonds. The molecule has 1 atom stereocenters. The molecule has 0 aliphatic heterocycles. The molecule has 6 aromatic carbocycles. The highest BCUT2D eigenvalue weighted by molar-refractivity contribution is 8.00. The molecule has 0 fully saturated rings. The van der Waals surface area contributed by atoms with E-state index < -0.39 is 17.1 Å². The number of thioether (sulfide) groups is 1. The van der Waals surface area contributed by atoms with Gasteiger partial charge in [0.1, 0.15) is 34.4 Å². The Balaban J connectivity index is 1.10. The summed E-state index contributed by atoms with van der Waals surface area (Å²) in [7, 11) is 0. The normalized spacial score (nSPS) is 11.5. The predicted molar refractivity (Wildman–Crippen MR) is 237 cm³/mol. The van der Waals surface area contributed by atoms with E-state index in [9.17, 15) is 19.6 Å². The molecule has 1 heterocycles. The minimum Gasteiger partial charge on any atom is -0.489 e. The molecule has 0 saturated carbocycles. The number of thiophene rings is 1. The number of hydrogen-bond donors (Lipinski definition) is 3. The number of aryl methyl sites for hydroxylation is 1. The van der Waals surface area contributed by atoms with Crippen molar-refractivity contribution < 1.29 is 19.1 Å². The lowest BCUT2D eigenvalue weighted by Crippen LogP contribution is -2.30. The van der Waals surface area contributed by atoms with Gasteiger partial charge in [-0.25, -0.2) is 0 Å². The third-order valence-electron chi connectivity index (χ3n) is 9.16. The van der Waals surface area contributed by atoms with E-state index in [0.717, 1.165) is 27.8 Å². The molecular formula is C49H38N4O4S2. The number of carbonyl (C=O) groups is 3. The predicted octanol–water partition coefficient (Wildman–Crippen LogP) is 11.1. The zero-order valence-electron chi connectivity index (χ0n) is 31.9. The third-order valence-corrected chi connectivity index (χ3v) is 11.3. The summed E-state index contributed by atoms with van der Waals surface area (Å²) >= 11 is 2.62. The van der Waals surface area contributed by atoms with Gasteiger partial charge in [0, 0.05) is 27.1 Å². The molecule has 0 aliphatic rings. The first-order chi connectivity index (χ1) is 28.8. The van der Waals surface area contributed by atoms with Gasteiger partial charge in [0.15, 0.2) is 0 Å². The number of ether oxygens (including phenoxy) is 1. The zero-order valence-corrected chi connectivity index (χ0v) is 33.6. The van der Waals surface area contributed by atoms with Crippen LogP contribution in [0.3, 0.4) is 0 Å². The number of nitrogens with one attached hydrogen (secondary N) is 3. The average molecular weight is 811 g/mol. The van der Waals surface area contributed by atoms with Gasteiger partial charge in [0.05, 0.1) is 5.56 Å². The first kappa shape index (κ1) is 40.0. The second-order valence-electron chi connectivity index (χ2n) is 13.4. The Kier molecular flexibility index (Phi) is 13.1. The molecular weight excluding hydrogens is 773 g/mol. The summed E-state index contributed by atoms with van der Waals surface area (Å²) < 4.78 is 5.93. The van der Waals surface area contributed by atoms with Gasteiger partial charge in [-0.15, -0.1) is 23.1 Å². The Bertz CT molecular complexity index is 2620. The molecule has 1 unspecified atom stereocenters. The Morgan fingerprint density at radius 3 is 2.15 bits per heavy atom. The van der Waals surface area contributed by atoms with Crippen molar-refractivity contribution in [3.8, 4) is 22.9 Å². The molecule has 290 valence electrons. The lowest BCUT2D eigenvalue weighted by Gasteiger charge is -2.17. The van der Waals surface area contributed by atoms with Gasteiger partial charge in [-0.1, -0.05) is 127 Å². The van der Waals surface area contributed by atoms with Crippen LogP contribution < -0.4 is 20.7 Å². The molecule has 7 rings (SSSR count). The van der Waals surface area contributed by atoms with Crippen LogP contribution in [0.2, 0.25) is 0 Å². The second kappa shape index (κ2) is 19.3. The summed E-state index contributed by atoms with van der Waals surface area (Å²) in [5.74, 6) is -0.610. The number of rotatable bonds is 14. The van der Waals surface area contributed by atoms with Crippen LogP contribution in [0.25, 0.3) is 17.2 Å². The van der Waals surface area contributed by atoms with Crippen LogP contribution in [0.15, 0.2) is 180 Å². The molecule has 0 radical (unpaired) electrons. The van der Waals surface area contributed by atoms with Crippen molar-refractivity contribution in [3.05, 3.63) is 208 Å². The fourth-order valence-corrected chi connectivity index (χ4v) is 8.08. The Morgan fingerprint density at radius 2 is 1.46 bits per heavy atom. The fourth-order valence-electron chi connectivity index (χ4n) is 6.08. The van der Waals surface area contributed by atoms with Crippen LogP contribution in [-0.2, 0) is 16.2 Å². The van der Waals surface area contributed by atoms with Crippen molar-refractivity contribution >= 4 is 57.6 Å². The monoisotopic (exact) mass is 810 g/mol. The number of anilines is 2. The quantitative estimate of drug-likeness (QED) is 0.0743. The topological polar surface area (TPSA) is 120 Å². The van der Waals surface area contributed by atoms with Gasteiger partial charge < -0.3 is 20.7 Å². The first-order valence-electron chi connectivity index (χ1n) is 18.7. The highest BCUT2D eigenvalue weighted by Gasteiger charge is 2.25. The molecule has 0 bridgehead atoms. The van der Waals surface area contributed by atoms with E-state index in [4.69, 9.17) is 4.74 Å². The van der Waals surface area contributed by atoms with Crippen molar-refractivity contribution in [2.45, 2.75) is 23.7 Å². The second-order valence-corrected chi connectivity index (χ2v) is 15.5. The Labute approximate surface area is 351 Å². The molecule has 0 aliphatic carbocycles. The summed E-state index contributed by atoms with van der Waals surface area (Å²) in [6, 6.07) is 52.5. The molecule has 0 spiro atoms. The molecule has 8 nitrogen and oxygen atoms in total. The average Bonchev–Trinajstić information content (AvgIpc) is 3.68.